The van der Waals surface area contributed by atoms with Crippen molar-refractivity contribution in [1.82, 2.24) is 19.5 Å². The fourth-order valence-electron chi connectivity index (χ4n) is 3.94. The minimum Gasteiger partial charge on any atom is -0.388 e. The molecule has 0 unspecified atom stereocenters. The van der Waals surface area contributed by atoms with Crippen LogP contribution in [-0.2, 0) is 6.54 Å². The lowest BCUT2D eigenvalue weighted by Crippen LogP contribution is -2.07. The predicted octanol–water partition coefficient (Wildman–Crippen LogP) is 3.71. The number of hydrogen-bond donors (Lipinski definition) is 1. The maximum atomic E-state index is 10.3. The number of nitrogens with zero attached hydrogens (tertiary/aromatic N) is 4. The van der Waals surface area contributed by atoms with Gasteiger partial charge in [-0.1, -0.05) is 54.6 Å². The Hall–Kier alpha value is -3.05. The molecule has 26 heavy (non-hydrogen) atoms. The topological polar surface area (TPSA) is 63.8 Å². The lowest BCUT2D eigenvalue weighted by molar-refractivity contribution is 0.171. The molecular formula is C21H18N4O. The van der Waals surface area contributed by atoms with E-state index in [1.54, 1.807) is 6.33 Å². The number of rotatable bonds is 3. The first-order valence-electron chi connectivity index (χ1n) is 8.79. The highest BCUT2D eigenvalue weighted by molar-refractivity contribution is 5.86. The lowest BCUT2D eigenvalue weighted by atomic mass is 10.0. The SMILES string of the molecule is O[C@H]1C[C@@H](Cn2cnc3c(-c4ccccc4)ncnc32)c2ccccc21. The summed E-state index contributed by atoms with van der Waals surface area (Å²) in [6.45, 7) is 0.746. The molecule has 2 heterocycles. The molecule has 0 spiro atoms. The van der Waals surface area contributed by atoms with E-state index in [4.69, 9.17) is 0 Å². The Balaban J connectivity index is 1.54. The maximum absolute atomic E-state index is 10.3. The Bertz CT molecular complexity index is 1070. The van der Waals surface area contributed by atoms with E-state index < -0.39 is 0 Å². The van der Waals surface area contributed by atoms with Crippen molar-refractivity contribution in [2.45, 2.75) is 25.0 Å². The van der Waals surface area contributed by atoms with Crippen LogP contribution < -0.4 is 0 Å². The smallest absolute Gasteiger partial charge is 0.163 e. The van der Waals surface area contributed by atoms with Crippen LogP contribution in [0.4, 0.5) is 0 Å². The quantitative estimate of drug-likeness (QED) is 0.616. The van der Waals surface area contributed by atoms with Crippen LogP contribution >= 0.6 is 0 Å². The van der Waals surface area contributed by atoms with Crippen LogP contribution in [0.1, 0.15) is 29.6 Å². The molecule has 0 amide bonds. The number of aliphatic hydroxyl groups excluding tert-OH is 1. The van der Waals surface area contributed by atoms with Crippen LogP contribution in [0.3, 0.4) is 0 Å². The summed E-state index contributed by atoms with van der Waals surface area (Å²) in [6.07, 6.45) is 3.77. The van der Waals surface area contributed by atoms with Gasteiger partial charge in [0.1, 0.15) is 17.5 Å². The summed E-state index contributed by atoms with van der Waals surface area (Å²) in [5.41, 5.74) is 5.79. The first-order valence-corrected chi connectivity index (χ1v) is 8.79. The molecule has 0 saturated heterocycles. The van der Waals surface area contributed by atoms with Crippen molar-refractivity contribution < 1.29 is 5.11 Å². The Morgan fingerprint density at radius 3 is 2.54 bits per heavy atom. The Morgan fingerprint density at radius 2 is 1.69 bits per heavy atom. The van der Waals surface area contributed by atoms with Crippen molar-refractivity contribution in [2.75, 3.05) is 0 Å². The van der Waals surface area contributed by atoms with Crippen molar-refractivity contribution >= 4 is 11.2 Å². The van der Waals surface area contributed by atoms with Gasteiger partial charge in [0.2, 0.25) is 0 Å². The first-order chi connectivity index (χ1) is 12.8. The van der Waals surface area contributed by atoms with E-state index in [9.17, 15) is 5.11 Å². The standard InChI is InChI=1S/C21H18N4O/c26-18-10-15(16-8-4-5-9-17(16)18)11-25-13-24-20-19(22-12-23-21(20)25)14-6-2-1-3-7-14/h1-9,12-13,15,18,26H,10-11H2/t15-,18-/m0/s1. The molecule has 2 aromatic carbocycles. The number of hydrogen-bond acceptors (Lipinski definition) is 4. The third-order valence-electron chi connectivity index (χ3n) is 5.17. The lowest BCUT2D eigenvalue weighted by Gasteiger charge is -2.12. The van der Waals surface area contributed by atoms with E-state index in [1.807, 2.05) is 54.9 Å². The summed E-state index contributed by atoms with van der Waals surface area (Å²) in [4.78, 5) is 13.5. The van der Waals surface area contributed by atoms with Gasteiger partial charge in [0.05, 0.1) is 12.4 Å². The maximum Gasteiger partial charge on any atom is 0.163 e. The van der Waals surface area contributed by atoms with E-state index in [0.717, 1.165) is 41.0 Å². The average molecular weight is 342 g/mol. The van der Waals surface area contributed by atoms with Crippen LogP contribution in [0, 0.1) is 0 Å². The molecule has 1 aliphatic rings. The van der Waals surface area contributed by atoms with Crippen molar-refractivity contribution in [1.29, 1.82) is 0 Å². The molecule has 5 heteroatoms. The van der Waals surface area contributed by atoms with E-state index in [-0.39, 0.29) is 12.0 Å². The molecular weight excluding hydrogens is 324 g/mol. The Morgan fingerprint density at radius 1 is 0.923 bits per heavy atom. The highest BCUT2D eigenvalue weighted by atomic mass is 16.3. The van der Waals surface area contributed by atoms with Gasteiger partial charge < -0.3 is 9.67 Å². The summed E-state index contributed by atoms with van der Waals surface area (Å²) in [5.74, 6) is 0.258. The molecule has 5 rings (SSSR count). The fourth-order valence-corrected chi connectivity index (χ4v) is 3.94. The van der Waals surface area contributed by atoms with Crippen molar-refractivity contribution in [2.24, 2.45) is 0 Å². The molecule has 0 aliphatic heterocycles. The Kier molecular flexibility index (Phi) is 3.53. The predicted molar refractivity (Wildman–Crippen MR) is 99.5 cm³/mol. The van der Waals surface area contributed by atoms with Crippen LogP contribution in [-0.4, -0.2) is 24.6 Å². The molecule has 5 nitrogen and oxygen atoms in total. The summed E-state index contributed by atoms with van der Waals surface area (Å²) in [5, 5.41) is 10.3. The van der Waals surface area contributed by atoms with Crippen LogP contribution in [0.2, 0.25) is 0 Å². The van der Waals surface area contributed by atoms with Gasteiger partial charge in [-0.2, -0.15) is 0 Å². The van der Waals surface area contributed by atoms with E-state index in [2.05, 4.69) is 25.6 Å². The third kappa shape index (κ3) is 2.40. The van der Waals surface area contributed by atoms with E-state index in [1.165, 1.54) is 5.56 Å². The third-order valence-corrected chi connectivity index (χ3v) is 5.17. The zero-order valence-electron chi connectivity index (χ0n) is 14.2. The van der Waals surface area contributed by atoms with Gasteiger partial charge in [0, 0.05) is 18.0 Å². The van der Waals surface area contributed by atoms with Gasteiger partial charge in [-0.3, -0.25) is 0 Å². The number of aliphatic hydroxyl groups is 1. The number of imidazole rings is 1. The molecule has 4 aromatic rings. The molecule has 0 fully saturated rings. The molecule has 2 aromatic heterocycles. The van der Waals surface area contributed by atoms with Gasteiger partial charge in [0.15, 0.2) is 5.65 Å². The van der Waals surface area contributed by atoms with Gasteiger partial charge in [-0.25, -0.2) is 15.0 Å². The molecule has 0 radical (unpaired) electrons. The summed E-state index contributed by atoms with van der Waals surface area (Å²) in [7, 11) is 0. The number of aromatic nitrogens is 4. The normalized spacial score (nSPS) is 19.0. The zero-order valence-corrected chi connectivity index (χ0v) is 14.2. The number of fused-ring (bicyclic) bond motifs is 2. The Labute approximate surface area is 151 Å². The van der Waals surface area contributed by atoms with Gasteiger partial charge in [0.25, 0.3) is 0 Å². The summed E-state index contributed by atoms with van der Waals surface area (Å²) >= 11 is 0. The summed E-state index contributed by atoms with van der Waals surface area (Å²) in [6, 6.07) is 18.2. The number of benzene rings is 2. The second kappa shape index (κ2) is 6.04. The van der Waals surface area contributed by atoms with Gasteiger partial charge in [-0.05, 0) is 17.5 Å². The van der Waals surface area contributed by atoms with E-state index >= 15 is 0 Å². The second-order valence-corrected chi connectivity index (χ2v) is 6.73. The van der Waals surface area contributed by atoms with Crippen LogP contribution in [0.15, 0.2) is 67.3 Å². The fraction of sp³-hybridized carbons (Fsp3) is 0.190. The van der Waals surface area contributed by atoms with Crippen molar-refractivity contribution in [3.05, 3.63) is 78.4 Å². The average Bonchev–Trinajstić information content (AvgIpc) is 3.25. The molecule has 128 valence electrons. The van der Waals surface area contributed by atoms with Crippen LogP contribution in [0.5, 0.6) is 0 Å². The zero-order chi connectivity index (χ0) is 17.5. The highest BCUT2D eigenvalue weighted by Gasteiger charge is 2.29. The second-order valence-electron chi connectivity index (χ2n) is 6.73. The van der Waals surface area contributed by atoms with Crippen molar-refractivity contribution in [3.63, 3.8) is 0 Å². The highest BCUT2D eigenvalue weighted by Crippen LogP contribution is 2.41. The molecule has 1 N–H and O–H groups in total. The van der Waals surface area contributed by atoms with E-state index in [0.29, 0.717) is 0 Å². The van der Waals surface area contributed by atoms with Crippen LogP contribution in [0.25, 0.3) is 22.4 Å². The minimum atomic E-state index is -0.388. The molecule has 2 atom stereocenters. The molecule has 1 aliphatic carbocycles. The monoisotopic (exact) mass is 342 g/mol. The summed E-state index contributed by atoms with van der Waals surface area (Å²) < 4.78 is 2.07. The van der Waals surface area contributed by atoms with Gasteiger partial charge in [-0.15, -0.1) is 0 Å². The van der Waals surface area contributed by atoms with Gasteiger partial charge >= 0.3 is 0 Å². The van der Waals surface area contributed by atoms with Crippen molar-refractivity contribution in [3.8, 4) is 11.3 Å². The largest absolute Gasteiger partial charge is 0.388 e. The molecule has 0 bridgehead atoms. The minimum absolute atomic E-state index is 0.258. The molecule has 0 saturated carbocycles. The first kappa shape index (κ1) is 15.2.